The molecule has 2 rings (SSSR count). The highest BCUT2D eigenvalue weighted by Crippen LogP contribution is 2.11. The van der Waals surface area contributed by atoms with Gasteiger partial charge in [0.2, 0.25) is 0 Å². The number of carbonyl (C=O) groups excluding carboxylic acids is 2. The van der Waals surface area contributed by atoms with E-state index in [1.807, 2.05) is 27.1 Å². The number of nitrogens with zero attached hydrogens (tertiary/aromatic N) is 3. The van der Waals surface area contributed by atoms with Gasteiger partial charge < -0.3 is 15.5 Å². The van der Waals surface area contributed by atoms with Gasteiger partial charge >= 0.3 is 6.03 Å². The summed E-state index contributed by atoms with van der Waals surface area (Å²) in [6.07, 6.45) is 4.48. The van der Waals surface area contributed by atoms with E-state index >= 15 is 0 Å². The average Bonchev–Trinajstić information content (AvgIpc) is 3.00. The van der Waals surface area contributed by atoms with Crippen molar-refractivity contribution in [3.8, 4) is 0 Å². The third kappa shape index (κ3) is 5.34. The number of anilines is 1. The Bertz CT molecular complexity index is 723. The molecule has 7 heteroatoms. The number of aryl methyl sites for hydroxylation is 1. The molecule has 3 amide bonds. The molecule has 2 aromatic rings. The molecule has 1 aromatic heterocycles. The Labute approximate surface area is 148 Å². The van der Waals surface area contributed by atoms with Gasteiger partial charge in [0.25, 0.3) is 5.91 Å². The van der Waals surface area contributed by atoms with Crippen molar-refractivity contribution in [2.45, 2.75) is 32.9 Å². The average molecular weight is 343 g/mol. The van der Waals surface area contributed by atoms with Crippen molar-refractivity contribution < 1.29 is 9.59 Å². The molecule has 1 aromatic carbocycles. The molecule has 0 radical (unpaired) electrons. The molecule has 2 N–H and O–H groups in total. The number of urea groups is 1. The van der Waals surface area contributed by atoms with Crippen molar-refractivity contribution in [2.24, 2.45) is 7.05 Å². The molecule has 0 aliphatic heterocycles. The Balaban J connectivity index is 1.91. The van der Waals surface area contributed by atoms with Crippen molar-refractivity contribution in [1.29, 1.82) is 0 Å². The van der Waals surface area contributed by atoms with Crippen LogP contribution >= 0.6 is 0 Å². The van der Waals surface area contributed by atoms with E-state index in [9.17, 15) is 9.59 Å². The lowest BCUT2D eigenvalue weighted by Gasteiger charge is -2.17. The maximum absolute atomic E-state index is 12.2. The first-order valence-electron chi connectivity index (χ1n) is 8.29. The molecule has 0 fully saturated rings. The molecule has 0 unspecified atom stereocenters. The van der Waals surface area contributed by atoms with E-state index in [1.165, 1.54) is 0 Å². The number of aromatic nitrogens is 2. The van der Waals surface area contributed by atoms with Gasteiger partial charge in [0.05, 0.1) is 12.7 Å². The SMILES string of the molecule is CC[C@@H](C)NC(=O)c1ccc(NC(=O)N(C)Cc2cnn(C)c2)cc1. The number of hydrogen-bond donors (Lipinski definition) is 2. The Morgan fingerprint density at radius 3 is 2.52 bits per heavy atom. The number of benzene rings is 1. The van der Waals surface area contributed by atoms with Crippen LogP contribution in [0.5, 0.6) is 0 Å². The monoisotopic (exact) mass is 343 g/mol. The molecule has 134 valence electrons. The maximum Gasteiger partial charge on any atom is 0.321 e. The molecule has 0 aliphatic rings. The van der Waals surface area contributed by atoms with Gasteiger partial charge in [-0.1, -0.05) is 6.92 Å². The first-order valence-corrected chi connectivity index (χ1v) is 8.29. The van der Waals surface area contributed by atoms with Gasteiger partial charge in [-0.2, -0.15) is 5.10 Å². The fourth-order valence-corrected chi connectivity index (χ4v) is 2.23. The predicted molar refractivity (Wildman–Crippen MR) is 97.4 cm³/mol. The third-order valence-electron chi connectivity index (χ3n) is 3.91. The van der Waals surface area contributed by atoms with Crippen molar-refractivity contribution in [3.05, 3.63) is 47.8 Å². The van der Waals surface area contributed by atoms with E-state index in [0.29, 0.717) is 17.8 Å². The van der Waals surface area contributed by atoms with Crippen LogP contribution in [0.25, 0.3) is 0 Å². The van der Waals surface area contributed by atoms with Gasteiger partial charge in [-0.05, 0) is 37.6 Å². The topological polar surface area (TPSA) is 79.3 Å². The molecule has 0 saturated carbocycles. The Morgan fingerprint density at radius 1 is 1.28 bits per heavy atom. The van der Waals surface area contributed by atoms with Crippen molar-refractivity contribution in [3.63, 3.8) is 0 Å². The van der Waals surface area contributed by atoms with Crippen LogP contribution in [0.3, 0.4) is 0 Å². The zero-order valence-corrected chi connectivity index (χ0v) is 15.1. The Morgan fingerprint density at radius 2 is 1.96 bits per heavy atom. The maximum atomic E-state index is 12.2. The minimum atomic E-state index is -0.222. The first-order chi connectivity index (χ1) is 11.9. The number of amides is 3. The van der Waals surface area contributed by atoms with E-state index in [4.69, 9.17) is 0 Å². The summed E-state index contributed by atoms with van der Waals surface area (Å²) in [7, 11) is 3.55. The van der Waals surface area contributed by atoms with E-state index < -0.39 is 0 Å². The van der Waals surface area contributed by atoms with Crippen LogP contribution in [0, 0.1) is 0 Å². The summed E-state index contributed by atoms with van der Waals surface area (Å²) >= 11 is 0. The molecular formula is C18H25N5O2. The van der Waals surface area contributed by atoms with E-state index in [1.54, 1.807) is 47.1 Å². The lowest BCUT2D eigenvalue weighted by molar-refractivity contribution is 0.0939. The summed E-state index contributed by atoms with van der Waals surface area (Å²) in [5, 5.41) is 9.81. The van der Waals surface area contributed by atoms with Gasteiger partial charge in [0, 0.05) is 43.1 Å². The number of rotatable bonds is 6. The minimum Gasteiger partial charge on any atom is -0.350 e. The van der Waals surface area contributed by atoms with Gasteiger partial charge in [-0.3, -0.25) is 9.48 Å². The van der Waals surface area contributed by atoms with Gasteiger partial charge in [-0.15, -0.1) is 0 Å². The second-order valence-corrected chi connectivity index (χ2v) is 6.17. The summed E-state index contributed by atoms with van der Waals surface area (Å²) in [4.78, 5) is 25.9. The lowest BCUT2D eigenvalue weighted by atomic mass is 10.1. The lowest BCUT2D eigenvalue weighted by Crippen LogP contribution is -2.32. The van der Waals surface area contributed by atoms with Gasteiger partial charge in [0.15, 0.2) is 0 Å². The van der Waals surface area contributed by atoms with Crippen LogP contribution in [0.2, 0.25) is 0 Å². The molecular weight excluding hydrogens is 318 g/mol. The fraction of sp³-hybridized carbons (Fsp3) is 0.389. The number of carbonyl (C=O) groups is 2. The van der Waals surface area contributed by atoms with E-state index in [-0.39, 0.29) is 18.0 Å². The second kappa shape index (κ2) is 8.32. The molecule has 25 heavy (non-hydrogen) atoms. The fourth-order valence-electron chi connectivity index (χ4n) is 2.23. The molecule has 0 bridgehead atoms. The van der Waals surface area contributed by atoms with E-state index in [0.717, 1.165) is 12.0 Å². The summed E-state index contributed by atoms with van der Waals surface area (Å²) < 4.78 is 1.70. The summed E-state index contributed by atoms with van der Waals surface area (Å²) in [5.41, 5.74) is 2.17. The molecule has 0 saturated heterocycles. The number of hydrogen-bond acceptors (Lipinski definition) is 3. The smallest absolute Gasteiger partial charge is 0.321 e. The molecule has 1 heterocycles. The highest BCUT2D eigenvalue weighted by atomic mass is 16.2. The van der Waals surface area contributed by atoms with Gasteiger partial charge in [0.1, 0.15) is 0 Å². The molecule has 0 aliphatic carbocycles. The van der Waals surface area contributed by atoms with E-state index in [2.05, 4.69) is 15.7 Å². The predicted octanol–water partition coefficient (Wildman–Crippen LogP) is 2.61. The van der Waals surface area contributed by atoms with Crippen molar-refractivity contribution in [1.82, 2.24) is 20.0 Å². The second-order valence-electron chi connectivity index (χ2n) is 6.17. The van der Waals surface area contributed by atoms with Crippen molar-refractivity contribution in [2.75, 3.05) is 12.4 Å². The summed E-state index contributed by atoms with van der Waals surface area (Å²) in [6, 6.07) is 6.76. The molecule has 0 spiro atoms. The third-order valence-corrected chi connectivity index (χ3v) is 3.91. The quantitative estimate of drug-likeness (QED) is 0.846. The van der Waals surface area contributed by atoms with Crippen LogP contribution in [-0.4, -0.2) is 39.7 Å². The normalized spacial score (nSPS) is 11.7. The van der Waals surface area contributed by atoms with Crippen LogP contribution in [0.15, 0.2) is 36.7 Å². The van der Waals surface area contributed by atoms with Gasteiger partial charge in [-0.25, -0.2) is 4.79 Å². The Hall–Kier alpha value is -2.83. The summed E-state index contributed by atoms with van der Waals surface area (Å²) in [5.74, 6) is -0.110. The van der Waals surface area contributed by atoms with Crippen molar-refractivity contribution >= 4 is 17.6 Å². The van der Waals surface area contributed by atoms with Crippen LogP contribution in [0.1, 0.15) is 36.2 Å². The zero-order chi connectivity index (χ0) is 18.4. The molecule has 1 atom stereocenters. The molecule has 7 nitrogen and oxygen atoms in total. The van der Waals surface area contributed by atoms with Crippen LogP contribution in [0.4, 0.5) is 10.5 Å². The highest BCUT2D eigenvalue weighted by Gasteiger charge is 2.12. The summed E-state index contributed by atoms with van der Waals surface area (Å²) in [6.45, 7) is 4.45. The van der Waals surface area contributed by atoms with Crippen LogP contribution in [-0.2, 0) is 13.6 Å². The zero-order valence-electron chi connectivity index (χ0n) is 15.1. The number of nitrogens with one attached hydrogen (secondary N) is 2. The standard InChI is InChI=1S/C18H25N5O2/c1-5-13(2)20-17(24)15-6-8-16(9-7-15)21-18(25)22(3)11-14-10-19-23(4)12-14/h6-10,12-13H,5,11H2,1-4H3,(H,20,24)(H,21,25)/t13-/m1/s1. The Kier molecular flexibility index (Phi) is 6.16. The minimum absolute atomic E-state index is 0.110. The highest BCUT2D eigenvalue weighted by molar-refractivity contribution is 5.95. The first kappa shape index (κ1) is 18.5. The van der Waals surface area contributed by atoms with Crippen LogP contribution < -0.4 is 10.6 Å². The largest absolute Gasteiger partial charge is 0.350 e.